The van der Waals surface area contributed by atoms with Crippen molar-refractivity contribution >= 4 is 32.6 Å². The van der Waals surface area contributed by atoms with Crippen molar-refractivity contribution in [1.29, 1.82) is 0 Å². The van der Waals surface area contributed by atoms with Crippen molar-refractivity contribution in [1.82, 2.24) is 20.0 Å². The summed E-state index contributed by atoms with van der Waals surface area (Å²) in [5.74, 6) is -0.842. The number of likely N-dealkylation sites (N-methyl/N-ethyl adjacent to an activating group) is 1. The molecule has 1 N–H and O–H groups in total. The summed E-state index contributed by atoms with van der Waals surface area (Å²) in [4.78, 5) is 27.7. The maximum Gasteiger partial charge on any atom is 0.275 e. The van der Waals surface area contributed by atoms with E-state index in [0.29, 0.717) is 5.69 Å². The molecule has 2 aromatic rings. The zero-order valence-corrected chi connectivity index (χ0v) is 18.1. The first-order valence-corrected chi connectivity index (χ1v) is 10.5. The van der Waals surface area contributed by atoms with Crippen molar-refractivity contribution in [3.05, 3.63) is 38.5 Å². The predicted octanol–water partition coefficient (Wildman–Crippen LogP) is 3.02. The average molecular weight is 453 g/mol. The highest BCUT2D eigenvalue weighted by molar-refractivity contribution is 9.10. The highest BCUT2D eigenvalue weighted by atomic mass is 79.9. The van der Waals surface area contributed by atoms with Crippen LogP contribution in [0.3, 0.4) is 0 Å². The Morgan fingerprint density at radius 2 is 2.18 bits per heavy atom. The standard InChI is InChI=1S/C20H26BrFN4O2/c1-4-25-9-5-6-13(10-25)23-16(27)11-26-20(28)14-7-8-15(21)18(22)17(14)19(24-26)12(2)3/h7-8,12-13H,4-6,9-11H2,1-3H3,(H,23,27)/t13-/m0/s1. The Bertz CT molecular complexity index is 944. The molecule has 8 heteroatoms. The second kappa shape index (κ2) is 8.69. The number of hydrogen-bond acceptors (Lipinski definition) is 4. The van der Waals surface area contributed by atoms with Gasteiger partial charge in [-0.1, -0.05) is 20.8 Å². The topological polar surface area (TPSA) is 67.2 Å². The Hall–Kier alpha value is -1.80. The number of fused-ring (bicyclic) bond motifs is 1. The molecule has 1 saturated heterocycles. The third-order valence-electron chi connectivity index (χ3n) is 5.20. The van der Waals surface area contributed by atoms with E-state index in [2.05, 4.69) is 38.2 Å². The van der Waals surface area contributed by atoms with Crippen LogP contribution < -0.4 is 10.9 Å². The number of hydrogen-bond donors (Lipinski definition) is 1. The molecule has 0 radical (unpaired) electrons. The number of aromatic nitrogens is 2. The molecule has 0 spiro atoms. The zero-order chi connectivity index (χ0) is 20.4. The highest BCUT2D eigenvalue weighted by Gasteiger charge is 2.22. The molecule has 1 aliphatic heterocycles. The summed E-state index contributed by atoms with van der Waals surface area (Å²) in [6.45, 7) is 8.53. The quantitative estimate of drug-likeness (QED) is 0.756. The lowest BCUT2D eigenvalue weighted by Crippen LogP contribution is -2.48. The van der Waals surface area contributed by atoms with E-state index in [4.69, 9.17) is 0 Å². The summed E-state index contributed by atoms with van der Waals surface area (Å²) in [5, 5.41) is 7.81. The Labute approximate surface area is 172 Å². The molecule has 6 nitrogen and oxygen atoms in total. The molecule has 1 aromatic heterocycles. The van der Waals surface area contributed by atoms with Crippen LogP contribution in [0.25, 0.3) is 10.8 Å². The molecule has 1 atom stereocenters. The number of carbonyl (C=O) groups is 1. The molecule has 3 rings (SSSR count). The van der Waals surface area contributed by atoms with E-state index in [-0.39, 0.29) is 39.7 Å². The first-order valence-electron chi connectivity index (χ1n) is 9.72. The molecule has 1 aromatic carbocycles. The van der Waals surface area contributed by atoms with E-state index in [1.54, 1.807) is 6.07 Å². The van der Waals surface area contributed by atoms with Gasteiger partial charge in [0, 0.05) is 18.0 Å². The monoisotopic (exact) mass is 452 g/mol. The Morgan fingerprint density at radius 3 is 2.86 bits per heavy atom. The molecule has 1 fully saturated rings. The Morgan fingerprint density at radius 1 is 1.43 bits per heavy atom. The summed E-state index contributed by atoms with van der Waals surface area (Å²) < 4.78 is 16.1. The third-order valence-corrected chi connectivity index (χ3v) is 5.81. The van der Waals surface area contributed by atoms with Gasteiger partial charge in [-0.05, 0) is 59.9 Å². The van der Waals surface area contributed by atoms with E-state index in [9.17, 15) is 14.0 Å². The molecule has 2 heterocycles. The van der Waals surface area contributed by atoms with Gasteiger partial charge in [0.05, 0.1) is 15.6 Å². The number of nitrogens with zero attached hydrogens (tertiary/aromatic N) is 3. The number of amides is 1. The first-order chi connectivity index (χ1) is 13.3. The van der Waals surface area contributed by atoms with Crippen LogP contribution in [-0.4, -0.2) is 46.3 Å². The molecule has 0 unspecified atom stereocenters. The van der Waals surface area contributed by atoms with Gasteiger partial charge in [0.2, 0.25) is 5.91 Å². The average Bonchev–Trinajstić information content (AvgIpc) is 2.66. The van der Waals surface area contributed by atoms with E-state index < -0.39 is 11.4 Å². The molecule has 0 bridgehead atoms. The number of carbonyl (C=O) groups excluding carboxylic acids is 1. The van der Waals surface area contributed by atoms with Gasteiger partial charge in [0.25, 0.3) is 5.56 Å². The van der Waals surface area contributed by atoms with Crippen LogP contribution in [0.4, 0.5) is 4.39 Å². The lowest BCUT2D eigenvalue weighted by atomic mass is 10.0. The van der Waals surface area contributed by atoms with Gasteiger partial charge in [0.1, 0.15) is 12.4 Å². The molecular weight excluding hydrogens is 427 g/mol. The maximum atomic E-state index is 14.7. The maximum absolute atomic E-state index is 14.7. The van der Waals surface area contributed by atoms with Crippen LogP contribution in [0.2, 0.25) is 0 Å². The van der Waals surface area contributed by atoms with Crippen LogP contribution in [-0.2, 0) is 11.3 Å². The first kappa shape index (κ1) is 20.9. The fraction of sp³-hybridized carbons (Fsp3) is 0.550. The van der Waals surface area contributed by atoms with Gasteiger partial charge in [-0.15, -0.1) is 0 Å². The minimum absolute atomic E-state index is 0.0790. The molecule has 1 aliphatic rings. The minimum atomic E-state index is -0.496. The summed E-state index contributed by atoms with van der Waals surface area (Å²) in [7, 11) is 0. The number of piperidine rings is 1. The lowest BCUT2D eigenvalue weighted by molar-refractivity contribution is -0.123. The van der Waals surface area contributed by atoms with Gasteiger partial charge >= 0.3 is 0 Å². The van der Waals surface area contributed by atoms with Crippen LogP contribution in [0.15, 0.2) is 21.4 Å². The lowest BCUT2D eigenvalue weighted by Gasteiger charge is -2.32. The van der Waals surface area contributed by atoms with Crippen molar-refractivity contribution in [3.8, 4) is 0 Å². The minimum Gasteiger partial charge on any atom is -0.350 e. The third kappa shape index (κ3) is 4.27. The Kier molecular flexibility index (Phi) is 6.50. The molecule has 0 saturated carbocycles. The van der Waals surface area contributed by atoms with Crippen molar-refractivity contribution in [2.75, 3.05) is 19.6 Å². The Balaban J connectivity index is 1.89. The summed E-state index contributed by atoms with van der Waals surface area (Å²) in [5.41, 5.74) is 0.0100. The molecule has 152 valence electrons. The molecule has 1 amide bonds. The van der Waals surface area contributed by atoms with Crippen LogP contribution in [0, 0.1) is 5.82 Å². The van der Waals surface area contributed by atoms with E-state index in [1.807, 2.05) is 13.8 Å². The van der Waals surface area contributed by atoms with Gasteiger partial charge < -0.3 is 10.2 Å². The molecule has 28 heavy (non-hydrogen) atoms. The highest BCUT2D eigenvalue weighted by Crippen LogP contribution is 2.28. The van der Waals surface area contributed by atoms with E-state index in [0.717, 1.165) is 37.2 Å². The van der Waals surface area contributed by atoms with Crippen molar-refractivity contribution in [2.24, 2.45) is 0 Å². The molecule has 0 aliphatic carbocycles. The SMILES string of the molecule is CCN1CCC[C@H](NC(=O)Cn2nc(C(C)C)c3c(F)c(Br)ccc3c2=O)C1. The molecular formula is C20H26BrFN4O2. The smallest absolute Gasteiger partial charge is 0.275 e. The second-order valence-electron chi connectivity index (χ2n) is 7.59. The number of halogens is 2. The van der Waals surface area contributed by atoms with E-state index in [1.165, 1.54) is 6.07 Å². The number of rotatable bonds is 5. The zero-order valence-electron chi connectivity index (χ0n) is 16.5. The summed E-state index contributed by atoms with van der Waals surface area (Å²) in [6, 6.07) is 3.16. The number of nitrogens with one attached hydrogen (secondary N) is 1. The van der Waals surface area contributed by atoms with Crippen molar-refractivity contribution < 1.29 is 9.18 Å². The summed E-state index contributed by atoms with van der Waals surface area (Å²) >= 11 is 3.17. The van der Waals surface area contributed by atoms with Crippen molar-refractivity contribution in [3.63, 3.8) is 0 Å². The van der Waals surface area contributed by atoms with E-state index >= 15 is 0 Å². The normalized spacial score (nSPS) is 18.0. The largest absolute Gasteiger partial charge is 0.350 e. The van der Waals surface area contributed by atoms with Gasteiger partial charge in [0.15, 0.2) is 0 Å². The van der Waals surface area contributed by atoms with Crippen LogP contribution >= 0.6 is 15.9 Å². The summed E-state index contributed by atoms with van der Waals surface area (Å²) in [6.07, 6.45) is 1.97. The number of likely N-dealkylation sites (tertiary alicyclic amines) is 1. The number of benzene rings is 1. The fourth-order valence-electron chi connectivity index (χ4n) is 3.72. The van der Waals surface area contributed by atoms with Crippen molar-refractivity contribution in [2.45, 2.75) is 52.1 Å². The second-order valence-corrected chi connectivity index (χ2v) is 8.44. The fourth-order valence-corrected chi connectivity index (χ4v) is 4.06. The van der Waals surface area contributed by atoms with Crippen LogP contribution in [0.5, 0.6) is 0 Å². The van der Waals surface area contributed by atoms with Crippen LogP contribution in [0.1, 0.15) is 45.2 Å². The van der Waals surface area contributed by atoms with Gasteiger partial charge in [-0.3, -0.25) is 9.59 Å². The van der Waals surface area contributed by atoms with Gasteiger partial charge in [-0.2, -0.15) is 5.10 Å². The predicted molar refractivity (Wildman–Crippen MR) is 111 cm³/mol. The van der Waals surface area contributed by atoms with Gasteiger partial charge in [-0.25, -0.2) is 9.07 Å².